The Morgan fingerprint density at radius 2 is 2.00 bits per heavy atom. The highest BCUT2D eigenvalue weighted by molar-refractivity contribution is 5.83. The SMILES string of the molecule is Cc1ccc2cc(CN[C@H]3CCCC[C@@H]3C)c(=O)[nH]c2c1C. The van der Waals surface area contributed by atoms with Crippen LogP contribution in [0.25, 0.3) is 10.9 Å². The van der Waals surface area contributed by atoms with E-state index in [1.807, 2.05) is 6.07 Å². The number of aryl methyl sites for hydroxylation is 2. The lowest BCUT2D eigenvalue weighted by Gasteiger charge is -2.29. The summed E-state index contributed by atoms with van der Waals surface area (Å²) in [5.41, 5.74) is 4.23. The number of pyridine rings is 1. The first-order chi connectivity index (χ1) is 10.6. The minimum Gasteiger partial charge on any atom is -0.321 e. The molecule has 0 spiro atoms. The van der Waals surface area contributed by atoms with Crippen molar-refractivity contribution in [1.82, 2.24) is 10.3 Å². The van der Waals surface area contributed by atoms with Gasteiger partial charge >= 0.3 is 0 Å². The molecule has 3 heteroatoms. The van der Waals surface area contributed by atoms with E-state index in [2.05, 4.69) is 43.2 Å². The van der Waals surface area contributed by atoms with Gasteiger partial charge < -0.3 is 10.3 Å². The van der Waals surface area contributed by atoms with Crippen LogP contribution in [-0.4, -0.2) is 11.0 Å². The van der Waals surface area contributed by atoms with Crippen molar-refractivity contribution in [2.45, 2.75) is 59.0 Å². The van der Waals surface area contributed by atoms with E-state index in [0.29, 0.717) is 18.5 Å². The number of aromatic nitrogens is 1. The second-order valence-corrected chi connectivity index (χ2v) is 6.84. The summed E-state index contributed by atoms with van der Waals surface area (Å²) in [5, 5.41) is 4.72. The first-order valence-corrected chi connectivity index (χ1v) is 8.42. The van der Waals surface area contributed by atoms with Crippen molar-refractivity contribution < 1.29 is 0 Å². The number of hydrogen-bond acceptors (Lipinski definition) is 2. The molecule has 1 heterocycles. The Hall–Kier alpha value is -1.61. The minimum atomic E-state index is 0.0390. The fourth-order valence-electron chi connectivity index (χ4n) is 3.56. The largest absolute Gasteiger partial charge is 0.321 e. The van der Waals surface area contributed by atoms with Gasteiger partial charge in [-0.3, -0.25) is 4.79 Å². The summed E-state index contributed by atoms with van der Waals surface area (Å²) in [4.78, 5) is 15.4. The molecule has 0 aliphatic heterocycles. The van der Waals surface area contributed by atoms with E-state index < -0.39 is 0 Å². The number of rotatable bonds is 3. The van der Waals surface area contributed by atoms with Gasteiger partial charge in [-0.05, 0) is 55.2 Å². The number of aromatic amines is 1. The van der Waals surface area contributed by atoms with Gasteiger partial charge in [0.15, 0.2) is 0 Å². The average Bonchev–Trinajstić information content (AvgIpc) is 2.51. The first kappa shape index (κ1) is 15.3. The quantitative estimate of drug-likeness (QED) is 0.905. The Morgan fingerprint density at radius 3 is 2.77 bits per heavy atom. The summed E-state index contributed by atoms with van der Waals surface area (Å²) in [6.07, 6.45) is 5.16. The number of H-pyrrole nitrogens is 1. The molecule has 118 valence electrons. The van der Waals surface area contributed by atoms with Gasteiger partial charge in [0.25, 0.3) is 5.56 Å². The molecule has 1 aromatic carbocycles. The summed E-state index contributed by atoms with van der Waals surface area (Å²) in [6.45, 7) is 7.11. The van der Waals surface area contributed by atoms with Gasteiger partial charge in [-0.15, -0.1) is 0 Å². The third-order valence-corrected chi connectivity index (χ3v) is 5.29. The molecule has 1 aliphatic carbocycles. The maximum Gasteiger partial charge on any atom is 0.252 e. The van der Waals surface area contributed by atoms with Crippen molar-refractivity contribution in [3.63, 3.8) is 0 Å². The van der Waals surface area contributed by atoms with E-state index in [-0.39, 0.29) is 5.56 Å². The third-order valence-electron chi connectivity index (χ3n) is 5.29. The smallest absolute Gasteiger partial charge is 0.252 e. The maximum absolute atomic E-state index is 12.4. The molecule has 0 unspecified atom stereocenters. The molecule has 3 nitrogen and oxygen atoms in total. The molecule has 2 atom stereocenters. The minimum absolute atomic E-state index is 0.0390. The lowest BCUT2D eigenvalue weighted by molar-refractivity contribution is 0.279. The molecule has 22 heavy (non-hydrogen) atoms. The van der Waals surface area contributed by atoms with Crippen molar-refractivity contribution in [2.24, 2.45) is 5.92 Å². The van der Waals surface area contributed by atoms with Crippen molar-refractivity contribution in [3.05, 3.63) is 45.2 Å². The second kappa shape index (κ2) is 6.25. The number of fused-ring (bicyclic) bond motifs is 1. The second-order valence-electron chi connectivity index (χ2n) is 6.84. The van der Waals surface area contributed by atoms with E-state index in [1.54, 1.807) is 0 Å². The lowest BCUT2D eigenvalue weighted by atomic mass is 9.86. The highest BCUT2D eigenvalue weighted by atomic mass is 16.1. The van der Waals surface area contributed by atoms with Crippen LogP contribution in [0.2, 0.25) is 0 Å². The predicted octanol–water partition coefficient (Wildman–Crippen LogP) is 3.81. The predicted molar refractivity (Wildman–Crippen MR) is 92.3 cm³/mol. The molecule has 1 fully saturated rings. The van der Waals surface area contributed by atoms with Crippen molar-refractivity contribution in [1.29, 1.82) is 0 Å². The van der Waals surface area contributed by atoms with Gasteiger partial charge in [-0.2, -0.15) is 0 Å². The Bertz CT molecular complexity index is 732. The monoisotopic (exact) mass is 298 g/mol. The van der Waals surface area contributed by atoms with Crippen LogP contribution in [-0.2, 0) is 6.54 Å². The van der Waals surface area contributed by atoms with Gasteiger partial charge in [0.05, 0.1) is 5.52 Å². The molecular formula is C19H26N2O. The molecule has 3 rings (SSSR count). The zero-order valence-corrected chi connectivity index (χ0v) is 13.8. The number of benzene rings is 1. The average molecular weight is 298 g/mol. The standard InChI is InChI=1S/C19H26N2O/c1-12-8-9-15-10-16(19(22)21-18(15)14(12)3)11-20-17-7-5-4-6-13(17)2/h8-10,13,17,20H,4-7,11H2,1-3H3,(H,21,22)/t13-,17-/m0/s1. The molecule has 1 aliphatic rings. The summed E-state index contributed by atoms with van der Waals surface area (Å²) in [6, 6.07) is 6.81. The van der Waals surface area contributed by atoms with E-state index in [0.717, 1.165) is 22.0 Å². The molecule has 0 amide bonds. The highest BCUT2D eigenvalue weighted by Crippen LogP contribution is 2.24. The van der Waals surface area contributed by atoms with Crippen LogP contribution in [0.15, 0.2) is 23.0 Å². The highest BCUT2D eigenvalue weighted by Gasteiger charge is 2.20. The van der Waals surface area contributed by atoms with Gasteiger partial charge in [0, 0.05) is 18.2 Å². The van der Waals surface area contributed by atoms with E-state index in [1.165, 1.54) is 31.2 Å². The lowest BCUT2D eigenvalue weighted by Crippen LogP contribution is -2.37. The van der Waals surface area contributed by atoms with E-state index in [4.69, 9.17) is 0 Å². The van der Waals surface area contributed by atoms with E-state index >= 15 is 0 Å². The molecule has 0 bridgehead atoms. The molecular weight excluding hydrogens is 272 g/mol. The van der Waals surface area contributed by atoms with Crippen LogP contribution in [0.3, 0.4) is 0 Å². The van der Waals surface area contributed by atoms with E-state index in [9.17, 15) is 4.79 Å². The number of nitrogens with one attached hydrogen (secondary N) is 2. The van der Waals surface area contributed by atoms with Crippen molar-refractivity contribution in [3.8, 4) is 0 Å². The molecule has 2 N–H and O–H groups in total. The van der Waals surface area contributed by atoms with Crippen molar-refractivity contribution in [2.75, 3.05) is 0 Å². The van der Waals surface area contributed by atoms with Gasteiger partial charge in [0.2, 0.25) is 0 Å². The molecule has 0 radical (unpaired) electrons. The van der Waals surface area contributed by atoms with Crippen molar-refractivity contribution >= 4 is 10.9 Å². The first-order valence-electron chi connectivity index (χ1n) is 8.42. The normalized spacial score (nSPS) is 22.1. The fraction of sp³-hybridized carbons (Fsp3) is 0.526. The van der Waals surface area contributed by atoms with Gasteiger partial charge in [-0.25, -0.2) is 0 Å². The summed E-state index contributed by atoms with van der Waals surface area (Å²) < 4.78 is 0. The van der Waals surface area contributed by atoms with Gasteiger partial charge in [0.1, 0.15) is 0 Å². The Kier molecular flexibility index (Phi) is 4.34. The number of hydrogen-bond donors (Lipinski definition) is 2. The Labute approximate surface area is 132 Å². The van der Waals surface area contributed by atoms with Crippen LogP contribution in [0.5, 0.6) is 0 Å². The summed E-state index contributed by atoms with van der Waals surface area (Å²) >= 11 is 0. The Balaban J connectivity index is 1.83. The third kappa shape index (κ3) is 2.95. The van der Waals surface area contributed by atoms with Gasteiger partial charge in [-0.1, -0.05) is 31.9 Å². The fourth-order valence-corrected chi connectivity index (χ4v) is 3.56. The molecule has 0 saturated heterocycles. The summed E-state index contributed by atoms with van der Waals surface area (Å²) in [7, 11) is 0. The molecule has 1 saturated carbocycles. The molecule has 2 aromatic rings. The van der Waals surface area contributed by atoms with Crippen LogP contribution >= 0.6 is 0 Å². The summed E-state index contributed by atoms with van der Waals surface area (Å²) in [5.74, 6) is 0.707. The van der Waals surface area contributed by atoms with Crippen LogP contribution < -0.4 is 10.9 Å². The topological polar surface area (TPSA) is 44.9 Å². The maximum atomic E-state index is 12.4. The van der Waals surface area contributed by atoms with Crippen LogP contribution in [0.4, 0.5) is 0 Å². The Morgan fingerprint density at radius 1 is 1.23 bits per heavy atom. The zero-order valence-electron chi connectivity index (χ0n) is 13.8. The molecule has 1 aromatic heterocycles. The van der Waals surface area contributed by atoms with Crippen LogP contribution in [0.1, 0.15) is 49.3 Å². The van der Waals surface area contributed by atoms with Crippen LogP contribution in [0, 0.1) is 19.8 Å². The zero-order chi connectivity index (χ0) is 15.7.